The number of nitrogens with zero attached hydrogens (tertiary/aromatic N) is 1. The van der Waals surface area contributed by atoms with Crippen molar-refractivity contribution in [1.29, 1.82) is 0 Å². The number of sulfonamides is 1. The molecular weight excluding hydrogens is 284 g/mol. The highest BCUT2D eigenvalue weighted by atomic mass is 32.2. The normalized spacial score (nSPS) is 10.8. The second kappa shape index (κ2) is 5.61. The average molecular weight is 296 g/mol. The van der Waals surface area contributed by atoms with Gasteiger partial charge in [-0.3, -0.25) is 15.1 Å². The molecule has 3 N–H and O–H groups in total. The van der Waals surface area contributed by atoms with E-state index in [-0.39, 0.29) is 4.90 Å². The molecule has 0 spiro atoms. The van der Waals surface area contributed by atoms with E-state index in [1.165, 1.54) is 25.6 Å². The summed E-state index contributed by atoms with van der Waals surface area (Å²) in [6.07, 6.45) is 1.82. The molecule has 2 rings (SSSR count). The number of aromatic nitrogens is 2. The Bertz CT molecular complexity index is 697. The molecule has 0 atom stereocenters. The number of hydrogen-bond donors (Lipinski definition) is 3. The summed E-state index contributed by atoms with van der Waals surface area (Å²) in [7, 11) is -2.47. The quantitative estimate of drug-likeness (QED) is 0.789. The molecule has 8 nitrogen and oxygen atoms in total. The van der Waals surface area contributed by atoms with Crippen LogP contribution >= 0.6 is 0 Å². The highest BCUT2D eigenvalue weighted by Crippen LogP contribution is 2.19. The van der Waals surface area contributed by atoms with Crippen LogP contribution in [0.1, 0.15) is 0 Å². The van der Waals surface area contributed by atoms with Gasteiger partial charge in [0.05, 0.1) is 19.0 Å². The maximum Gasteiger partial charge on any atom is 0.411 e. The molecule has 0 fully saturated rings. The third-order valence-corrected chi connectivity index (χ3v) is 3.68. The molecule has 1 aromatic carbocycles. The molecule has 0 radical (unpaired) electrons. The molecule has 2 aromatic rings. The number of methoxy groups -OCH3 is 1. The Morgan fingerprint density at radius 3 is 2.75 bits per heavy atom. The van der Waals surface area contributed by atoms with Crippen LogP contribution in [0.15, 0.2) is 41.6 Å². The Morgan fingerprint density at radius 2 is 2.10 bits per heavy atom. The molecular formula is C11H12N4O4S. The van der Waals surface area contributed by atoms with Gasteiger partial charge in [0.25, 0.3) is 10.0 Å². The topological polar surface area (TPSA) is 113 Å². The van der Waals surface area contributed by atoms with Crippen molar-refractivity contribution >= 4 is 27.5 Å². The monoisotopic (exact) mass is 296 g/mol. The van der Waals surface area contributed by atoms with Crippen molar-refractivity contribution in [2.75, 3.05) is 17.1 Å². The molecule has 0 aliphatic carbocycles. The summed E-state index contributed by atoms with van der Waals surface area (Å²) in [4.78, 5) is 11.1. The fraction of sp³-hybridized carbons (Fsp3) is 0.0909. The van der Waals surface area contributed by atoms with Crippen LogP contribution in [0.2, 0.25) is 0 Å². The summed E-state index contributed by atoms with van der Waals surface area (Å²) in [5, 5.41) is 8.44. The summed E-state index contributed by atoms with van der Waals surface area (Å²) in [5.74, 6) is 0. The summed E-state index contributed by atoms with van der Waals surface area (Å²) >= 11 is 0. The Morgan fingerprint density at radius 1 is 1.35 bits per heavy atom. The van der Waals surface area contributed by atoms with Crippen molar-refractivity contribution in [2.45, 2.75) is 4.90 Å². The molecule has 1 aromatic heterocycles. The number of rotatable bonds is 4. The smallest absolute Gasteiger partial charge is 0.411 e. The minimum atomic E-state index is -3.71. The van der Waals surface area contributed by atoms with Crippen LogP contribution in [0.4, 0.5) is 16.2 Å². The lowest BCUT2D eigenvalue weighted by Crippen LogP contribution is -2.13. The maximum atomic E-state index is 12.0. The van der Waals surface area contributed by atoms with Crippen LogP contribution in [-0.4, -0.2) is 31.8 Å². The van der Waals surface area contributed by atoms with E-state index in [4.69, 9.17) is 0 Å². The van der Waals surface area contributed by atoms with Gasteiger partial charge in [-0.25, -0.2) is 13.2 Å². The molecule has 1 heterocycles. The number of nitrogens with one attached hydrogen (secondary N) is 3. The van der Waals surface area contributed by atoms with Gasteiger partial charge in [-0.15, -0.1) is 0 Å². The molecule has 0 aliphatic heterocycles. The predicted molar refractivity (Wildman–Crippen MR) is 71.9 cm³/mol. The van der Waals surface area contributed by atoms with Crippen LogP contribution < -0.4 is 10.0 Å². The number of carbonyl (C=O) groups is 1. The number of hydrogen-bond acceptors (Lipinski definition) is 5. The van der Waals surface area contributed by atoms with Crippen molar-refractivity contribution in [1.82, 2.24) is 10.2 Å². The van der Waals surface area contributed by atoms with Gasteiger partial charge in [0, 0.05) is 11.9 Å². The first kappa shape index (κ1) is 13.9. The SMILES string of the molecule is COC(=O)Nc1cccc(NS(=O)(=O)c2cn[nH]c2)c1. The number of H-pyrrole nitrogens is 1. The minimum absolute atomic E-state index is 0.0174. The van der Waals surface area contributed by atoms with Crippen LogP contribution in [0.3, 0.4) is 0 Å². The second-order valence-electron chi connectivity index (χ2n) is 3.74. The molecule has 1 amide bonds. The Hall–Kier alpha value is -2.55. The van der Waals surface area contributed by atoms with E-state index in [2.05, 4.69) is 25.0 Å². The van der Waals surface area contributed by atoms with E-state index in [1.807, 2.05) is 0 Å². The first-order valence-corrected chi connectivity index (χ1v) is 6.96. The summed E-state index contributed by atoms with van der Waals surface area (Å²) < 4.78 is 30.8. The Kier molecular flexibility index (Phi) is 3.89. The molecule has 0 bridgehead atoms. The van der Waals surface area contributed by atoms with Crippen LogP contribution in [-0.2, 0) is 14.8 Å². The molecule has 0 saturated carbocycles. The summed E-state index contributed by atoms with van der Waals surface area (Å²) in [6, 6.07) is 6.22. The van der Waals surface area contributed by atoms with Crippen LogP contribution in [0.5, 0.6) is 0 Å². The first-order chi connectivity index (χ1) is 9.51. The number of amides is 1. The fourth-order valence-electron chi connectivity index (χ4n) is 1.43. The van der Waals surface area contributed by atoms with Crippen molar-refractivity contribution in [3.05, 3.63) is 36.7 Å². The fourth-order valence-corrected chi connectivity index (χ4v) is 2.38. The number of aromatic amines is 1. The number of anilines is 2. The Balaban J connectivity index is 2.18. The highest BCUT2D eigenvalue weighted by Gasteiger charge is 2.15. The number of carbonyl (C=O) groups excluding carboxylic acids is 1. The van der Waals surface area contributed by atoms with Gasteiger partial charge in [-0.2, -0.15) is 5.10 Å². The van der Waals surface area contributed by atoms with E-state index >= 15 is 0 Å². The van der Waals surface area contributed by atoms with E-state index in [0.29, 0.717) is 11.4 Å². The lowest BCUT2D eigenvalue weighted by atomic mass is 10.3. The van der Waals surface area contributed by atoms with E-state index in [9.17, 15) is 13.2 Å². The van der Waals surface area contributed by atoms with E-state index < -0.39 is 16.1 Å². The van der Waals surface area contributed by atoms with Crippen molar-refractivity contribution in [2.24, 2.45) is 0 Å². The van der Waals surface area contributed by atoms with Gasteiger partial charge in [0.15, 0.2) is 0 Å². The lowest BCUT2D eigenvalue weighted by Gasteiger charge is -2.08. The Labute approximate surface area is 115 Å². The summed E-state index contributed by atoms with van der Waals surface area (Å²) in [6.45, 7) is 0. The average Bonchev–Trinajstić information content (AvgIpc) is 2.93. The highest BCUT2D eigenvalue weighted by molar-refractivity contribution is 7.92. The van der Waals surface area contributed by atoms with E-state index in [1.54, 1.807) is 18.2 Å². The number of ether oxygens (including phenoxy) is 1. The predicted octanol–water partition coefficient (Wildman–Crippen LogP) is 1.39. The molecule has 9 heteroatoms. The second-order valence-corrected chi connectivity index (χ2v) is 5.42. The summed E-state index contributed by atoms with van der Waals surface area (Å²) in [5.41, 5.74) is 0.712. The van der Waals surface area contributed by atoms with Crippen molar-refractivity contribution < 1.29 is 17.9 Å². The van der Waals surface area contributed by atoms with Gasteiger partial charge >= 0.3 is 6.09 Å². The molecule has 106 valence electrons. The third kappa shape index (κ3) is 3.26. The minimum Gasteiger partial charge on any atom is -0.453 e. The van der Waals surface area contributed by atoms with Crippen molar-refractivity contribution in [3.8, 4) is 0 Å². The zero-order valence-corrected chi connectivity index (χ0v) is 11.3. The van der Waals surface area contributed by atoms with Crippen LogP contribution in [0, 0.1) is 0 Å². The van der Waals surface area contributed by atoms with Gasteiger partial charge in [0.1, 0.15) is 4.90 Å². The third-order valence-electron chi connectivity index (χ3n) is 2.33. The van der Waals surface area contributed by atoms with E-state index in [0.717, 1.165) is 0 Å². The molecule has 0 saturated heterocycles. The lowest BCUT2D eigenvalue weighted by molar-refractivity contribution is 0.187. The first-order valence-electron chi connectivity index (χ1n) is 5.48. The van der Waals surface area contributed by atoms with Gasteiger partial charge in [0.2, 0.25) is 0 Å². The molecule has 0 aliphatic rings. The van der Waals surface area contributed by atoms with Crippen LogP contribution in [0.25, 0.3) is 0 Å². The van der Waals surface area contributed by atoms with Crippen molar-refractivity contribution in [3.63, 3.8) is 0 Å². The standard InChI is InChI=1S/C11H12N4O4S/c1-19-11(16)14-8-3-2-4-9(5-8)15-20(17,18)10-6-12-13-7-10/h2-7,15H,1H3,(H,12,13)(H,14,16). The van der Waals surface area contributed by atoms with Gasteiger partial charge < -0.3 is 4.74 Å². The van der Waals surface area contributed by atoms with Gasteiger partial charge in [-0.05, 0) is 18.2 Å². The zero-order chi connectivity index (χ0) is 14.6. The maximum absolute atomic E-state index is 12.0. The molecule has 20 heavy (non-hydrogen) atoms. The number of benzene rings is 1. The van der Waals surface area contributed by atoms with Gasteiger partial charge in [-0.1, -0.05) is 6.07 Å². The molecule has 0 unspecified atom stereocenters. The zero-order valence-electron chi connectivity index (χ0n) is 10.5. The largest absolute Gasteiger partial charge is 0.453 e.